The summed E-state index contributed by atoms with van der Waals surface area (Å²) in [4.78, 5) is 20.5. The zero-order chi connectivity index (χ0) is 22.8. The fourth-order valence-electron chi connectivity index (χ4n) is 3.56. The Morgan fingerprint density at radius 2 is 2.00 bits per heavy atom. The highest BCUT2D eigenvalue weighted by atomic mass is 32.1. The third-order valence-corrected chi connectivity index (χ3v) is 6.00. The van der Waals surface area contributed by atoms with Crippen molar-refractivity contribution in [3.05, 3.63) is 57.9 Å². The Morgan fingerprint density at radius 1 is 1.25 bits per heavy atom. The minimum atomic E-state index is -0.239. The highest BCUT2D eigenvalue weighted by Gasteiger charge is 2.20. The van der Waals surface area contributed by atoms with Gasteiger partial charge in [0.1, 0.15) is 11.8 Å². The van der Waals surface area contributed by atoms with E-state index in [1.54, 1.807) is 41.8 Å². The first-order valence-corrected chi connectivity index (χ1v) is 11.1. The van der Waals surface area contributed by atoms with Crippen LogP contribution in [0.4, 0.5) is 5.69 Å². The molecule has 162 valence electrons. The Balaban J connectivity index is 1.74. The van der Waals surface area contributed by atoms with E-state index in [0.29, 0.717) is 28.0 Å². The Kier molecular flexibility index (Phi) is 5.93. The molecule has 3 aromatic heterocycles. The number of thiophene rings is 1. The molecule has 0 fully saturated rings. The summed E-state index contributed by atoms with van der Waals surface area (Å²) < 4.78 is 7.11. The number of ether oxygens (including phenoxy) is 1. The van der Waals surface area contributed by atoms with Crippen LogP contribution in [-0.4, -0.2) is 27.3 Å². The fourth-order valence-corrected chi connectivity index (χ4v) is 4.49. The van der Waals surface area contributed by atoms with Crippen LogP contribution in [0.15, 0.2) is 42.6 Å². The number of amides is 1. The second kappa shape index (κ2) is 8.81. The summed E-state index contributed by atoms with van der Waals surface area (Å²) in [6.07, 6.45) is 1.70. The van der Waals surface area contributed by atoms with Gasteiger partial charge in [-0.25, -0.2) is 9.67 Å². The molecule has 32 heavy (non-hydrogen) atoms. The minimum Gasteiger partial charge on any atom is -0.479 e. The number of benzene rings is 1. The molecule has 0 spiro atoms. The molecule has 0 bridgehead atoms. The highest BCUT2D eigenvalue weighted by Crippen LogP contribution is 2.33. The first-order chi connectivity index (χ1) is 15.4. The molecule has 0 aliphatic carbocycles. The van der Waals surface area contributed by atoms with E-state index < -0.39 is 0 Å². The van der Waals surface area contributed by atoms with E-state index in [0.717, 1.165) is 16.1 Å². The molecular formula is C24H23N5O2S. The van der Waals surface area contributed by atoms with Gasteiger partial charge in [0, 0.05) is 27.0 Å². The largest absolute Gasteiger partial charge is 0.479 e. The molecule has 4 aromatic rings. The van der Waals surface area contributed by atoms with Gasteiger partial charge in [-0.1, -0.05) is 0 Å². The smallest absolute Gasteiger partial charge is 0.256 e. The van der Waals surface area contributed by atoms with Crippen molar-refractivity contribution in [1.29, 1.82) is 5.26 Å². The van der Waals surface area contributed by atoms with Crippen molar-refractivity contribution in [3.8, 4) is 23.1 Å². The Morgan fingerprint density at radius 3 is 2.62 bits per heavy atom. The van der Waals surface area contributed by atoms with Gasteiger partial charge in [-0.05, 0) is 64.1 Å². The van der Waals surface area contributed by atoms with Crippen LogP contribution in [0.1, 0.15) is 40.0 Å². The van der Waals surface area contributed by atoms with Gasteiger partial charge in [-0.3, -0.25) is 4.79 Å². The van der Waals surface area contributed by atoms with E-state index in [1.165, 1.54) is 4.88 Å². The predicted molar refractivity (Wildman–Crippen MR) is 126 cm³/mol. The monoisotopic (exact) mass is 445 g/mol. The van der Waals surface area contributed by atoms with Gasteiger partial charge in [-0.2, -0.15) is 10.4 Å². The average Bonchev–Trinajstić information content (AvgIpc) is 3.35. The van der Waals surface area contributed by atoms with E-state index in [2.05, 4.69) is 30.3 Å². The number of aromatic nitrogens is 3. The Hall–Kier alpha value is -3.70. The second-order valence-electron chi connectivity index (χ2n) is 7.73. The first-order valence-electron chi connectivity index (χ1n) is 10.2. The van der Waals surface area contributed by atoms with Crippen LogP contribution in [0.5, 0.6) is 5.75 Å². The van der Waals surface area contributed by atoms with Crippen molar-refractivity contribution in [2.75, 3.05) is 11.9 Å². The second-order valence-corrected chi connectivity index (χ2v) is 9.19. The number of hydrogen-bond acceptors (Lipinski definition) is 6. The normalized spacial score (nSPS) is 11.0. The molecule has 0 atom stereocenters. The van der Waals surface area contributed by atoms with Gasteiger partial charge in [0.2, 0.25) is 0 Å². The number of nitriles is 1. The van der Waals surface area contributed by atoms with E-state index in [4.69, 9.17) is 15.0 Å². The summed E-state index contributed by atoms with van der Waals surface area (Å²) in [5, 5.41) is 16.8. The summed E-state index contributed by atoms with van der Waals surface area (Å²) in [7, 11) is 0. The topological polar surface area (TPSA) is 92.8 Å². The number of anilines is 1. The lowest BCUT2D eigenvalue weighted by Crippen LogP contribution is -2.13. The number of rotatable bonds is 6. The van der Waals surface area contributed by atoms with Crippen molar-refractivity contribution < 1.29 is 9.53 Å². The Labute approximate surface area is 190 Å². The molecule has 8 heteroatoms. The number of nitrogens with one attached hydrogen (secondary N) is 1. The lowest BCUT2D eigenvalue weighted by Gasteiger charge is -2.11. The number of fused-ring (bicyclic) bond motifs is 1. The summed E-state index contributed by atoms with van der Waals surface area (Å²) in [5.41, 5.74) is 3.62. The van der Waals surface area contributed by atoms with Gasteiger partial charge < -0.3 is 10.1 Å². The SMILES string of the molecule is Cc1cc(-c2cc(C(=O)Nc3ccc(OCC#N)cc3)c3cnn(C(C)C)c3n2)c(C)s1. The number of pyridine rings is 1. The average molecular weight is 446 g/mol. The zero-order valence-corrected chi connectivity index (χ0v) is 19.2. The lowest BCUT2D eigenvalue weighted by atomic mass is 10.1. The van der Waals surface area contributed by atoms with Gasteiger partial charge in [0.05, 0.1) is 22.8 Å². The van der Waals surface area contributed by atoms with E-state index >= 15 is 0 Å². The van der Waals surface area contributed by atoms with Crippen LogP contribution < -0.4 is 10.1 Å². The van der Waals surface area contributed by atoms with Crippen LogP contribution in [0.3, 0.4) is 0 Å². The van der Waals surface area contributed by atoms with Crippen LogP contribution >= 0.6 is 11.3 Å². The summed E-state index contributed by atoms with van der Waals surface area (Å²) >= 11 is 1.71. The molecular weight excluding hydrogens is 422 g/mol. The first kappa shape index (κ1) is 21.5. The van der Waals surface area contributed by atoms with Gasteiger partial charge in [0.25, 0.3) is 5.91 Å². The minimum absolute atomic E-state index is 0.0230. The van der Waals surface area contributed by atoms with Crippen LogP contribution in [-0.2, 0) is 0 Å². The van der Waals surface area contributed by atoms with E-state index in [9.17, 15) is 4.79 Å². The molecule has 4 rings (SSSR count). The molecule has 0 aliphatic rings. The number of carbonyl (C=O) groups excluding carboxylic acids is 1. The predicted octanol–water partition coefficient (Wildman–Crippen LogP) is 5.51. The lowest BCUT2D eigenvalue weighted by molar-refractivity contribution is 0.102. The molecule has 3 heterocycles. The molecule has 0 saturated carbocycles. The number of nitrogens with zero attached hydrogens (tertiary/aromatic N) is 4. The van der Waals surface area contributed by atoms with Gasteiger partial charge in [0.15, 0.2) is 12.3 Å². The molecule has 1 aromatic carbocycles. The fraction of sp³-hybridized carbons (Fsp3) is 0.250. The number of hydrogen-bond donors (Lipinski definition) is 1. The maximum absolute atomic E-state index is 13.3. The maximum atomic E-state index is 13.3. The highest BCUT2D eigenvalue weighted by molar-refractivity contribution is 7.12. The molecule has 1 N–H and O–H groups in total. The molecule has 0 unspecified atom stereocenters. The molecule has 1 amide bonds. The van der Waals surface area contributed by atoms with Gasteiger partial charge >= 0.3 is 0 Å². The van der Waals surface area contributed by atoms with Crippen molar-refractivity contribution >= 4 is 34.0 Å². The maximum Gasteiger partial charge on any atom is 0.256 e. The third-order valence-electron chi connectivity index (χ3n) is 5.03. The number of aryl methyl sites for hydroxylation is 2. The molecule has 0 aliphatic heterocycles. The van der Waals surface area contributed by atoms with Crippen molar-refractivity contribution in [1.82, 2.24) is 14.8 Å². The standard InChI is InChI=1S/C24H23N5O2S/c1-14(2)29-23-21(13-26-29)20(12-22(28-23)19-11-15(3)32-16(19)4)24(30)27-17-5-7-18(8-6-17)31-10-9-25/h5-8,11-14H,10H2,1-4H3,(H,27,30). The van der Waals surface area contributed by atoms with E-state index in [-0.39, 0.29) is 18.6 Å². The summed E-state index contributed by atoms with van der Waals surface area (Å²) in [5.74, 6) is 0.330. The zero-order valence-electron chi connectivity index (χ0n) is 18.3. The molecule has 7 nitrogen and oxygen atoms in total. The van der Waals surface area contributed by atoms with E-state index in [1.807, 2.05) is 30.7 Å². The third kappa shape index (κ3) is 4.20. The quantitative estimate of drug-likeness (QED) is 0.422. The van der Waals surface area contributed by atoms with Crippen molar-refractivity contribution in [2.45, 2.75) is 33.7 Å². The molecule has 0 saturated heterocycles. The van der Waals surface area contributed by atoms with Crippen LogP contribution in [0.25, 0.3) is 22.3 Å². The molecule has 0 radical (unpaired) electrons. The van der Waals surface area contributed by atoms with Crippen molar-refractivity contribution in [3.63, 3.8) is 0 Å². The summed E-state index contributed by atoms with van der Waals surface area (Å²) in [6, 6.07) is 12.9. The Bertz CT molecular complexity index is 1330. The van der Waals surface area contributed by atoms with Crippen LogP contribution in [0, 0.1) is 25.2 Å². The van der Waals surface area contributed by atoms with Crippen LogP contribution in [0.2, 0.25) is 0 Å². The summed E-state index contributed by atoms with van der Waals surface area (Å²) in [6.45, 7) is 8.18. The number of carbonyl (C=O) groups is 1. The van der Waals surface area contributed by atoms with Gasteiger partial charge in [-0.15, -0.1) is 11.3 Å². The van der Waals surface area contributed by atoms with Crippen molar-refractivity contribution in [2.24, 2.45) is 0 Å².